The fourth-order valence-corrected chi connectivity index (χ4v) is 2.76. The number of carbonyl (C=O) groups is 1. The minimum atomic E-state index is -0.731. The van der Waals surface area contributed by atoms with Gasteiger partial charge in [-0.15, -0.1) is 0 Å². The smallest absolute Gasteiger partial charge is 0.152 e. The van der Waals surface area contributed by atoms with Crippen LogP contribution in [0.25, 0.3) is 0 Å². The second-order valence-corrected chi connectivity index (χ2v) is 5.54. The van der Waals surface area contributed by atoms with Crippen LogP contribution in [0.3, 0.4) is 0 Å². The molecule has 0 aromatic carbocycles. The molecule has 0 spiro atoms. The quantitative estimate of drug-likeness (QED) is 0.702. The van der Waals surface area contributed by atoms with Gasteiger partial charge in [0, 0.05) is 0 Å². The van der Waals surface area contributed by atoms with E-state index < -0.39 is 17.6 Å². The maximum Gasteiger partial charge on any atom is 0.152 e. The van der Waals surface area contributed by atoms with Crippen LogP contribution in [0.5, 0.6) is 0 Å². The van der Waals surface area contributed by atoms with E-state index in [4.69, 9.17) is 0 Å². The molecule has 1 fully saturated rings. The van der Waals surface area contributed by atoms with Crippen molar-refractivity contribution in [2.24, 2.45) is 17.3 Å². The minimum absolute atomic E-state index is 0.0172. The second kappa shape index (κ2) is 4.68. The van der Waals surface area contributed by atoms with E-state index >= 15 is 0 Å². The number of allylic oxidation sites excluding steroid dienone is 2. The highest BCUT2D eigenvalue weighted by atomic mass is 16.3. The molecule has 2 N–H and O–H groups in total. The van der Waals surface area contributed by atoms with Crippen molar-refractivity contribution in [3.05, 3.63) is 12.2 Å². The molecule has 3 heteroatoms. The first-order chi connectivity index (χ1) is 7.26. The zero-order chi connectivity index (χ0) is 12.5. The lowest BCUT2D eigenvalue weighted by atomic mass is 9.61. The molecule has 1 aliphatic carbocycles. The van der Waals surface area contributed by atoms with E-state index in [0.717, 1.165) is 0 Å². The molecule has 0 amide bonds. The van der Waals surface area contributed by atoms with Crippen molar-refractivity contribution in [1.29, 1.82) is 0 Å². The fourth-order valence-electron chi connectivity index (χ4n) is 2.76. The molecule has 0 saturated heterocycles. The van der Waals surface area contributed by atoms with E-state index in [2.05, 4.69) is 0 Å². The number of rotatable bonds is 2. The lowest BCUT2D eigenvalue weighted by Gasteiger charge is -2.47. The van der Waals surface area contributed by atoms with Gasteiger partial charge < -0.3 is 10.2 Å². The van der Waals surface area contributed by atoms with Crippen LogP contribution in [0.2, 0.25) is 0 Å². The number of aliphatic hydroxyl groups is 2. The van der Waals surface area contributed by atoms with Crippen LogP contribution >= 0.6 is 0 Å². The molecule has 1 aliphatic rings. The largest absolute Gasteiger partial charge is 0.390 e. The van der Waals surface area contributed by atoms with Gasteiger partial charge in [-0.05, 0) is 36.7 Å². The summed E-state index contributed by atoms with van der Waals surface area (Å²) in [5.74, 6) is 0.405. The summed E-state index contributed by atoms with van der Waals surface area (Å²) in [4.78, 5) is 11.0. The van der Waals surface area contributed by atoms with E-state index in [0.29, 0.717) is 6.42 Å². The highest BCUT2D eigenvalue weighted by Crippen LogP contribution is 2.44. The third-order valence-corrected chi connectivity index (χ3v) is 3.75. The molecule has 1 saturated carbocycles. The molecule has 1 rings (SSSR count). The van der Waals surface area contributed by atoms with Crippen LogP contribution in [0, 0.1) is 17.3 Å². The Morgan fingerprint density at radius 3 is 2.44 bits per heavy atom. The number of aliphatic hydroxyl groups excluding tert-OH is 2. The molecule has 4 atom stereocenters. The van der Waals surface area contributed by atoms with Gasteiger partial charge in [-0.25, -0.2) is 0 Å². The van der Waals surface area contributed by atoms with Gasteiger partial charge in [0.05, 0.1) is 12.2 Å². The van der Waals surface area contributed by atoms with Crippen LogP contribution in [0.4, 0.5) is 0 Å². The van der Waals surface area contributed by atoms with Gasteiger partial charge >= 0.3 is 0 Å². The number of carbonyl (C=O) groups excluding carboxylic acids is 1. The molecule has 0 heterocycles. The lowest BCUT2D eigenvalue weighted by Crippen LogP contribution is -2.51. The molecule has 0 aromatic rings. The predicted octanol–water partition coefficient (Wildman–Crippen LogP) is 1.54. The van der Waals surface area contributed by atoms with E-state index in [1.54, 1.807) is 6.08 Å². The fraction of sp³-hybridized carbons (Fsp3) is 0.769. The summed E-state index contributed by atoms with van der Waals surface area (Å²) in [6.45, 7) is 7.44. The summed E-state index contributed by atoms with van der Waals surface area (Å²) >= 11 is 0. The Morgan fingerprint density at radius 2 is 1.94 bits per heavy atom. The van der Waals surface area contributed by atoms with Gasteiger partial charge in [0.2, 0.25) is 0 Å². The van der Waals surface area contributed by atoms with Crippen LogP contribution in [-0.2, 0) is 4.79 Å². The highest BCUT2D eigenvalue weighted by molar-refractivity contribution is 5.87. The number of hydrogen-bond donors (Lipinski definition) is 2. The summed E-state index contributed by atoms with van der Waals surface area (Å²) in [6, 6.07) is 0. The molecule has 92 valence electrons. The third kappa shape index (κ3) is 2.53. The summed E-state index contributed by atoms with van der Waals surface area (Å²) < 4.78 is 0. The molecular formula is C13H22O3. The van der Waals surface area contributed by atoms with Gasteiger partial charge in [-0.1, -0.05) is 26.8 Å². The predicted molar refractivity (Wildman–Crippen MR) is 62.9 cm³/mol. The topological polar surface area (TPSA) is 57.5 Å². The number of hydrogen-bond acceptors (Lipinski definition) is 3. The molecular weight excluding hydrogens is 204 g/mol. The van der Waals surface area contributed by atoms with Gasteiger partial charge in [0.15, 0.2) is 5.78 Å². The molecule has 0 radical (unpaired) electrons. The summed E-state index contributed by atoms with van der Waals surface area (Å²) in [5, 5.41) is 19.7. The zero-order valence-electron chi connectivity index (χ0n) is 10.5. The van der Waals surface area contributed by atoms with E-state index in [9.17, 15) is 15.0 Å². The van der Waals surface area contributed by atoms with Crippen LogP contribution < -0.4 is 0 Å². The average molecular weight is 226 g/mol. The minimum Gasteiger partial charge on any atom is -0.390 e. The van der Waals surface area contributed by atoms with E-state index in [1.807, 2.05) is 26.8 Å². The Bertz CT molecular complexity index is 294. The summed E-state index contributed by atoms with van der Waals surface area (Å²) in [7, 11) is 0. The average Bonchev–Trinajstić information content (AvgIpc) is 2.13. The summed E-state index contributed by atoms with van der Waals surface area (Å²) in [6.07, 6.45) is 2.63. The Labute approximate surface area is 97.2 Å². The van der Waals surface area contributed by atoms with Gasteiger partial charge in [-0.3, -0.25) is 4.79 Å². The molecule has 3 nitrogen and oxygen atoms in total. The first-order valence-electron chi connectivity index (χ1n) is 5.81. The van der Waals surface area contributed by atoms with Crippen molar-refractivity contribution >= 4 is 5.78 Å². The first kappa shape index (κ1) is 13.4. The third-order valence-electron chi connectivity index (χ3n) is 3.75. The van der Waals surface area contributed by atoms with Crippen molar-refractivity contribution < 1.29 is 15.0 Å². The normalized spacial score (nSPS) is 38.9. The molecule has 0 aromatic heterocycles. The van der Waals surface area contributed by atoms with Crippen molar-refractivity contribution in [3.8, 4) is 0 Å². The maximum atomic E-state index is 11.0. The van der Waals surface area contributed by atoms with Crippen molar-refractivity contribution in [3.63, 3.8) is 0 Å². The van der Waals surface area contributed by atoms with Gasteiger partial charge in [0.1, 0.15) is 0 Å². The molecule has 16 heavy (non-hydrogen) atoms. The number of ketones is 1. The lowest BCUT2D eigenvalue weighted by molar-refractivity contribution is -0.117. The zero-order valence-corrected chi connectivity index (χ0v) is 10.5. The summed E-state index contributed by atoms with van der Waals surface area (Å²) in [5.41, 5.74) is -0.400. The van der Waals surface area contributed by atoms with E-state index in [-0.39, 0.29) is 17.6 Å². The molecule has 0 bridgehead atoms. The Morgan fingerprint density at radius 1 is 1.38 bits per heavy atom. The second-order valence-electron chi connectivity index (χ2n) is 5.54. The molecule has 0 aliphatic heterocycles. The van der Waals surface area contributed by atoms with Gasteiger partial charge in [-0.2, -0.15) is 0 Å². The Kier molecular flexibility index (Phi) is 3.92. The monoisotopic (exact) mass is 226 g/mol. The Balaban J connectivity index is 2.92. The Hall–Kier alpha value is -0.670. The van der Waals surface area contributed by atoms with Crippen LogP contribution in [-0.4, -0.2) is 28.2 Å². The highest BCUT2D eigenvalue weighted by Gasteiger charge is 2.46. The first-order valence-corrected chi connectivity index (χ1v) is 5.81. The standard InChI is InChI=1S/C13H22O3/c1-8-7-11(15)12(16)13(3,4)10(8)6-5-9(2)14/h5-6,8,10-12,15-16H,7H2,1-4H3/b6-5+/t8-,10+,11+,12-/m1/s1. The van der Waals surface area contributed by atoms with Crippen LogP contribution in [0.15, 0.2) is 12.2 Å². The van der Waals surface area contributed by atoms with Crippen molar-refractivity contribution in [2.75, 3.05) is 0 Å². The van der Waals surface area contributed by atoms with Gasteiger partial charge in [0.25, 0.3) is 0 Å². The SMILES string of the molecule is CC(=O)/C=C/[C@H]1[C@H](C)C[C@H](O)[C@@H](O)C1(C)C. The van der Waals surface area contributed by atoms with Crippen LogP contribution in [0.1, 0.15) is 34.1 Å². The maximum absolute atomic E-state index is 11.0. The van der Waals surface area contributed by atoms with Crippen molar-refractivity contribution in [2.45, 2.75) is 46.3 Å². The molecule has 0 unspecified atom stereocenters. The van der Waals surface area contributed by atoms with E-state index in [1.165, 1.54) is 6.92 Å². The van der Waals surface area contributed by atoms with Crippen molar-refractivity contribution in [1.82, 2.24) is 0 Å².